The maximum absolute atomic E-state index is 16.1. The summed E-state index contributed by atoms with van der Waals surface area (Å²) in [5.74, 6) is -18.8. The van der Waals surface area contributed by atoms with Crippen molar-refractivity contribution in [1.82, 2.24) is 10.2 Å². The van der Waals surface area contributed by atoms with Crippen LogP contribution in [0.3, 0.4) is 0 Å². The zero-order valence-electron chi connectivity index (χ0n) is 71.5. The van der Waals surface area contributed by atoms with Crippen LogP contribution >= 0.6 is 0 Å². The summed E-state index contributed by atoms with van der Waals surface area (Å²) >= 11 is 0. The van der Waals surface area contributed by atoms with Crippen LogP contribution in [0.25, 0.3) is 0 Å². The van der Waals surface area contributed by atoms with Gasteiger partial charge in [-0.25, -0.2) is 28.8 Å². The number of carboxylic acid groups (broad SMARTS) is 1. The molecule has 24 heteroatoms. The minimum Gasteiger partial charge on any atom is -0.478 e. The van der Waals surface area contributed by atoms with Crippen molar-refractivity contribution in [2.45, 2.75) is 41.8 Å². The van der Waals surface area contributed by atoms with Gasteiger partial charge in [-0.3, -0.25) is 5.10 Å². The number of nitrogens with zero attached hydrogens (tertiary/aromatic N) is 1. The third kappa shape index (κ3) is 15.0. The van der Waals surface area contributed by atoms with Crippen molar-refractivity contribution in [1.29, 1.82) is 0 Å². The van der Waals surface area contributed by atoms with Gasteiger partial charge in [0.25, 0.3) is 0 Å². The maximum Gasteiger partial charge on any atom is 0.361 e. The molecule has 0 fully saturated rings. The molecule has 0 saturated heterocycles. The molecular weight excluding hydrogens is 1730 g/mol. The highest BCUT2D eigenvalue weighted by Crippen LogP contribution is 2.60. The lowest BCUT2D eigenvalue weighted by Gasteiger charge is -2.28. The highest BCUT2D eigenvalue weighted by Gasteiger charge is 2.54. The van der Waals surface area contributed by atoms with Gasteiger partial charge >= 0.3 is 64.8 Å². The van der Waals surface area contributed by atoms with Gasteiger partial charge < -0.3 is 76.2 Å². The minimum absolute atomic E-state index is 0.0108. The van der Waals surface area contributed by atoms with Gasteiger partial charge in [-0.05, 0) is 85.1 Å². The molecule has 0 saturated carbocycles. The first-order valence-corrected chi connectivity index (χ1v) is 43.3. The minimum atomic E-state index is -1.86. The zero-order chi connectivity index (χ0) is 92.1. The van der Waals surface area contributed by atoms with Crippen molar-refractivity contribution in [3.8, 4) is 86.2 Å². The number of ether oxygens (including phenoxy) is 15. The predicted molar refractivity (Wildman–Crippen MR) is 491 cm³/mol. The summed E-state index contributed by atoms with van der Waals surface area (Å²) in [6.45, 7) is 0. The molecule has 6 heterocycles. The Bertz CT molecular complexity index is 7320. The fraction of sp³-hybridized carbons (Fsp3) is 0.0625. The van der Waals surface area contributed by atoms with E-state index in [1.807, 2.05) is 140 Å². The van der Waals surface area contributed by atoms with E-state index in [4.69, 9.17) is 71.1 Å². The van der Waals surface area contributed by atoms with Crippen molar-refractivity contribution in [3.63, 3.8) is 0 Å². The van der Waals surface area contributed by atoms with Crippen LogP contribution in [0.1, 0.15) is 129 Å². The molecule has 24 nitrogen and oxygen atoms in total. The molecule has 1 aromatic heterocycles. The first-order valence-electron chi connectivity index (χ1n) is 43.3. The molecule has 22 rings (SSSR count). The SMILES string of the molecule is O=C(O)c1cc(OC(=O)c2cc(OC(=O)c3cc(OC(=O)c4cc(OC(=O)c5cc(OC(=O)c6cc(CCc7ccccc7)n[nH]6)c6c(c5)OC(c5ccccc5)(c5ccccc5)O6)c5c(c4)OC(c4ccccc4)(c4ccccc4)O5)c4c(c3)OC(c3ccccc3)(c3ccccc3)O4)c3c(c2)OC(c2ccccc2)(c2ccccc2)O3)c2c(c1)OC(c1ccccc1)(c1ccccc1)O2. The van der Waals surface area contributed by atoms with E-state index >= 15 is 19.2 Å². The second-order valence-electron chi connectivity index (χ2n) is 32.3. The number of carbonyl (C=O) groups is 6. The number of aryl methyl sites for hydroxylation is 2. The number of rotatable bonds is 24. The van der Waals surface area contributed by atoms with Crippen molar-refractivity contribution >= 4 is 35.8 Å². The van der Waals surface area contributed by atoms with Crippen LogP contribution in [0.15, 0.2) is 400 Å². The Hall–Kier alpha value is -18.5. The Kier molecular flexibility index (Phi) is 20.9. The quantitative estimate of drug-likeness (QED) is 0.0420. The van der Waals surface area contributed by atoms with Gasteiger partial charge in [0.05, 0.1) is 33.5 Å². The van der Waals surface area contributed by atoms with Gasteiger partial charge in [0.2, 0.25) is 28.7 Å². The maximum atomic E-state index is 16.1. The standard InChI is InChI=1S/C112H72N2O22/c115-102(116)70-58-87(97-92(59-70)127-108(132-97,75-36-14-2-15-37-75)76-38-16-3-17-39-76)122-103(117)71-60-88(98-93(64-71)128-109(133-98,77-40-18-4-19-41-77)78-42-20-5-21-43-78)123-104(118)72-61-89(99-94(65-72)129-110(134-99,79-44-22-6-23-45-79)80-46-24-7-25-47-80)124-105(119)73-62-90(100-95(66-73)130-111(135-100,81-48-26-8-27-49-81)82-50-28-9-29-51-82)125-106(120)74-63-91(126-107(121)86-68-85(113-114-86)57-56-69-34-12-1-13-35-69)101-96(67-74)131-112(136-101,83-52-30-10-31-53-83)84-54-32-11-33-55-84/h1-55,58-68H,56-57H2,(H,113,114)(H,115,116). The number of esters is 5. The molecule has 0 aliphatic carbocycles. The lowest BCUT2D eigenvalue weighted by atomic mass is 9.97. The molecule has 5 aliphatic rings. The van der Waals surface area contributed by atoms with Gasteiger partial charge in [-0.1, -0.05) is 334 Å². The second-order valence-corrected chi connectivity index (χ2v) is 32.3. The summed E-state index contributed by atoms with van der Waals surface area (Å²) in [4.78, 5) is 91.2. The Labute approximate surface area is 775 Å². The van der Waals surface area contributed by atoms with Crippen LogP contribution in [0.2, 0.25) is 0 Å². The summed E-state index contributed by atoms with van der Waals surface area (Å²) < 4.78 is 102. The van der Waals surface area contributed by atoms with Crippen LogP contribution < -0.4 is 71.1 Å². The van der Waals surface area contributed by atoms with Crippen molar-refractivity contribution in [3.05, 3.63) is 501 Å². The number of benzene rings is 16. The normalized spacial score (nSPS) is 14.4. The van der Waals surface area contributed by atoms with Gasteiger partial charge in [0.1, 0.15) is 5.69 Å². The number of nitrogens with one attached hydrogen (secondary N) is 1. The molecule has 136 heavy (non-hydrogen) atoms. The number of hydrogen-bond acceptors (Lipinski definition) is 22. The van der Waals surface area contributed by atoms with E-state index in [1.165, 1.54) is 54.6 Å². The molecule has 0 spiro atoms. The number of hydrogen-bond donors (Lipinski definition) is 2. The Morgan fingerprint density at radius 3 is 0.654 bits per heavy atom. The van der Waals surface area contributed by atoms with E-state index in [0.29, 0.717) is 74.2 Å². The monoisotopic (exact) mass is 1800 g/mol. The van der Waals surface area contributed by atoms with Crippen molar-refractivity contribution in [2.24, 2.45) is 0 Å². The lowest BCUT2D eigenvalue weighted by molar-refractivity contribution is -0.0470. The number of carbonyl (C=O) groups excluding carboxylic acids is 5. The van der Waals surface area contributed by atoms with E-state index in [9.17, 15) is 14.7 Å². The Morgan fingerprint density at radius 2 is 0.434 bits per heavy atom. The third-order valence-electron chi connectivity index (χ3n) is 23.7. The van der Waals surface area contributed by atoms with Gasteiger partial charge in [-0.15, -0.1) is 0 Å². The lowest BCUT2D eigenvalue weighted by Crippen LogP contribution is -2.36. The Morgan fingerprint density at radius 1 is 0.235 bits per heavy atom. The fourth-order valence-electron chi connectivity index (χ4n) is 17.2. The molecule has 0 atom stereocenters. The first kappa shape index (κ1) is 83.2. The largest absolute Gasteiger partial charge is 0.478 e. The summed E-state index contributed by atoms with van der Waals surface area (Å²) in [6.07, 6.45) is 1.12. The molecule has 0 radical (unpaired) electrons. The number of aromatic carboxylic acids is 1. The van der Waals surface area contributed by atoms with Gasteiger partial charge in [0.15, 0.2) is 57.5 Å². The molecule has 0 unspecified atom stereocenters. The highest BCUT2D eigenvalue weighted by molar-refractivity contribution is 6.00. The highest BCUT2D eigenvalue weighted by atomic mass is 16.8. The number of fused-ring (bicyclic) bond motifs is 5. The molecular formula is C112H72N2O22. The topological polar surface area (TPSA) is 290 Å². The summed E-state index contributed by atoms with van der Waals surface area (Å²) in [6, 6.07) is 114. The van der Waals surface area contributed by atoms with Crippen LogP contribution in [0, 0.1) is 0 Å². The molecule has 2 N–H and O–H groups in total. The number of aromatic amines is 1. The number of aromatic nitrogens is 2. The molecule has 0 amide bonds. The van der Waals surface area contributed by atoms with E-state index in [-0.39, 0.29) is 103 Å². The second kappa shape index (κ2) is 34.1. The Balaban J connectivity index is 0.652. The molecule has 5 aliphatic heterocycles. The number of H-pyrrole nitrogens is 1. The summed E-state index contributed by atoms with van der Waals surface area (Å²) in [5.41, 5.74) is 5.03. The van der Waals surface area contributed by atoms with Crippen LogP contribution in [-0.4, -0.2) is 51.1 Å². The van der Waals surface area contributed by atoms with E-state index in [2.05, 4.69) is 10.2 Å². The molecule has 0 bridgehead atoms. The average molecular weight is 1800 g/mol. The van der Waals surface area contributed by atoms with Gasteiger partial charge in [0, 0.05) is 55.6 Å². The summed E-state index contributed by atoms with van der Waals surface area (Å²) in [7, 11) is 0. The van der Waals surface area contributed by atoms with E-state index in [0.717, 1.165) is 11.6 Å². The third-order valence-corrected chi connectivity index (χ3v) is 23.7. The fourth-order valence-corrected chi connectivity index (χ4v) is 17.2. The van der Waals surface area contributed by atoms with Crippen LogP contribution in [-0.2, 0) is 41.8 Å². The predicted octanol–water partition coefficient (Wildman–Crippen LogP) is 21.4. The summed E-state index contributed by atoms with van der Waals surface area (Å²) in [5, 5.41) is 17.9. The number of carboxylic acids is 1. The molecule has 16 aromatic carbocycles. The van der Waals surface area contributed by atoms with E-state index < -0.39 is 82.0 Å². The first-order chi connectivity index (χ1) is 66.6. The zero-order valence-corrected chi connectivity index (χ0v) is 71.5. The molecule has 662 valence electrons. The van der Waals surface area contributed by atoms with E-state index in [1.54, 1.807) is 200 Å². The van der Waals surface area contributed by atoms with Crippen LogP contribution in [0.4, 0.5) is 0 Å². The van der Waals surface area contributed by atoms with Crippen molar-refractivity contribution < 1.29 is 105 Å². The van der Waals surface area contributed by atoms with Crippen LogP contribution in [0.5, 0.6) is 86.2 Å². The smallest absolute Gasteiger partial charge is 0.361 e. The van der Waals surface area contributed by atoms with Crippen molar-refractivity contribution in [2.75, 3.05) is 0 Å². The van der Waals surface area contributed by atoms with Gasteiger partial charge in [-0.2, -0.15) is 5.10 Å². The molecule has 17 aromatic rings. The average Bonchev–Trinajstić information content (AvgIpc) is 1.59.